The van der Waals surface area contributed by atoms with Crippen LogP contribution in [-0.2, 0) is 9.53 Å². The molecule has 0 aromatic carbocycles. The third-order valence-corrected chi connectivity index (χ3v) is 1.76. The number of ether oxygens (including phenoxy) is 1. The second kappa shape index (κ2) is 5.09. The van der Waals surface area contributed by atoms with Crippen molar-refractivity contribution >= 4 is 5.97 Å². The number of esters is 1. The summed E-state index contributed by atoms with van der Waals surface area (Å²) in [5.74, 6) is 0.305. The number of cyclic esters (lactones) is 1. The van der Waals surface area contributed by atoms with Crippen LogP contribution in [0.15, 0.2) is 28.6 Å². The Morgan fingerprint density at radius 2 is 2.50 bits per heavy atom. The number of carbonyl (C=O) groups excluding carboxylic acids is 1. The summed E-state index contributed by atoms with van der Waals surface area (Å²) in [4.78, 5) is 13.6. The Bertz CT molecular complexity index is 338. The number of nitrogens with zero attached hydrogens (tertiary/aromatic N) is 3. The zero-order valence-corrected chi connectivity index (χ0v) is 7.93. The molecule has 0 amide bonds. The summed E-state index contributed by atoms with van der Waals surface area (Å²) in [6.07, 6.45) is 5.03. The summed E-state index contributed by atoms with van der Waals surface area (Å²) < 4.78 is 4.91. The zero-order valence-electron chi connectivity index (χ0n) is 7.93. The van der Waals surface area contributed by atoms with Gasteiger partial charge in [0.25, 0.3) is 0 Å². The molecule has 0 radical (unpaired) electrons. The van der Waals surface area contributed by atoms with E-state index in [0.717, 1.165) is 12.8 Å². The van der Waals surface area contributed by atoms with Gasteiger partial charge in [0.1, 0.15) is 5.76 Å². The Kier molecular flexibility index (Phi) is 3.76. The average molecular weight is 193 g/mol. The number of azide groups is 1. The van der Waals surface area contributed by atoms with Gasteiger partial charge in [0.15, 0.2) is 0 Å². The molecule has 0 N–H and O–H groups in total. The molecule has 0 spiro atoms. The van der Waals surface area contributed by atoms with Gasteiger partial charge < -0.3 is 4.74 Å². The monoisotopic (exact) mass is 193 g/mol. The van der Waals surface area contributed by atoms with Crippen molar-refractivity contribution in [1.29, 1.82) is 0 Å². The summed E-state index contributed by atoms with van der Waals surface area (Å²) in [7, 11) is 0. The number of hydrogen-bond acceptors (Lipinski definition) is 3. The minimum atomic E-state index is -0.286. The molecule has 0 aromatic heterocycles. The first-order valence-corrected chi connectivity index (χ1v) is 4.35. The number of rotatable bonds is 4. The number of allylic oxidation sites excluding steroid dienone is 2. The molecule has 0 saturated carbocycles. The molecule has 0 aromatic rings. The average Bonchev–Trinajstić information content (AvgIpc) is 2.46. The van der Waals surface area contributed by atoms with Crippen molar-refractivity contribution in [1.82, 2.24) is 0 Å². The molecule has 14 heavy (non-hydrogen) atoms. The van der Waals surface area contributed by atoms with Gasteiger partial charge in [0, 0.05) is 17.0 Å². The van der Waals surface area contributed by atoms with Gasteiger partial charge in [-0.1, -0.05) is 5.11 Å². The first kappa shape index (κ1) is 10.3. The zero-order chi connectivity index (χ0) is 10.4. The lowest BCUT2D eigenvalue weighted by atomic mass is 10.2. The Morgan fingerprint density at radius 3 is 3.07 bits per heavy atom. The molecule has 0 atom stereocenters. The van der Waals surface area contributed by atoms with Gasteiger partial charge in [-0.05, 0) is 37.4 Å². The molecule has 1 rings (SSSR count). The SMILES string of the molecule is CC1=C/C(=C/CCCN=[N+]=[N-])OC1=O. The van der Waals surface area contributed by atoms with Crippen LogP contribution >= 0.6 is 0 Å². The molecule has 0 saturated heterocycles. The van der Waals surface area contributed by atoms with E-state index in [0.29, 0.717) is 17.9 Å². The maximum atomic E-state index is 10.9. The Balaban J connectivity index is 2.33. The van der Waals surface area contributed by atoms with Crippen molar-refractivity contribution in [2.75, 3.05) is 6.54 Å². The molecular formula is C9H11N3O2. The molecule has 0 unspecified atom stereocenters. The van der Waals surface area contributed by atoms with Crippen molar-refractivity contribution in [2.45, 2.75) is 19.8 Å². The van der Waals surface area contributed by atoms with E-state index in [2.05, 4.69) is 10.0 Å². The predicted octanol–water partition coefficient (Wildman–Crippen LogP) is 2.46. The van der Waals surface area contributed by atoms with Gasteiger partial charge >= 0.3 is 5.97 Å². The Labute approximate surface area is 81.7 Å². The fourth-order valence-corrected chi connectivity index (χ4v) is 1.04. The lowest BCUT2D eigenvalue weighted by Gasteiger charge is -1.94. The molecule has 5 heteroatoms. The van der Waals surface area contributed by atoms with Gasteiger partial charge in [-0.15, -0.1) is 0 Å². The summed E-state index contributed by atoms with van der Waals surface area (Å²) in [6, 6.07) is 0. The van der Waals surface area contributed by atoms with E-state index in [1.54, 1.807) is 13.0 Å². The first-order valence-electron chi connectivity index (χ1n) is 4.35. The highest BCUT2D eigenvalue weighted by atomic mass is 16.5. The Morgan fingerprint density at radius 1 is 1.71 bits per heavy atom. The highest BCUT2D eigenvalue weighted by molar-refractivity contribution is 5.92. The lowest BCUT2D eigenvalue weighted by Crippen LogP contribution is -1.94. The second-order valence-corrected chi connectivity index (χ2v) is 2.92. The number of carbonyl (C=O) groups is 1. The molecular weight excluding hydrogens is 182 g/mol. The van der Waals surface area contributed by atoms with E-state index in [9.17, 15) is 4.79 Å². The van der Waals surface area contributed by atoms with Gasteiger partial charge in [0.05, 0.1) is 0 Å². The van der Waals surface area contributed by atoms with Crippen LogP contribution in [0.1, 0.15) is 19.8 Å². The van der Waals surface area contributed by atoms with Crippen molar-refractivity contribution < 1.29 is 9.53 Å². The van der Waals surface area contributed by atoms with Gasteiger partial charge in [0.2, 0.25) is 0 Å². The Hall–Kier alpha value is -1.74. The van der Waals surface area contributed by atoms with Crippen LogP contribution in [-0.4, -0.2) is 12.5 Å². The minimum Gasteiger partial charge on any atom is -0.424 e. The van der Waals surface area contributed by atoms with Crippen LogP contribution in [0.2, 0.25) is 0 Å². The first-order chi connectivity index (χ1) is 6.74. The van der Waals surface area contributed by atoms with Crippen molar-refractivity contribution in [3.63, 3.8) is 0 Å². The largest absolute Gasteiger partial charge is 0.424 e. The molecule has 0 bridgehead atoms. The maximum Gasteiger partial charge on any atom is 0.339 e. The fourth-order valence-electron chi connectivity index (χ4n) is 1.04. The van der Waals surface area contributed by atoms with E-state index in [1.165, 1.54) is 0 Å². The van der Waals surface area contributed by atoms with E-state index in [-0.39, 0.29) is 5.97 Å². The summed E-state index contributed by atoms with van der Waals surface area (Å²) in [5.41, 5.74) is 8.63. The van der Waals surface area contributed by atoms with Crippen LogP contribution in [0, 0.1) is 0 Å². The van der Waals surface area contributed by atoms with Crippen molar-refractivity contribution in [3.05, 3.63) is 33.9 Å². The standard InChI is InChI=1S/C9H11N3O2/c1-7-6-8(14-9(7)13)4-2-3-5-11-12-10/h4,6H,2-3,5H2,1H3/b8-4-. The van der Waals surface area contributed by atoms with Crippen LogP contribution in [0.4, 0.5) is 0 Å². The highest BCUT2D eigenvalue weighted by Crippen LogP contribution is 2.16. The van der Waals surface area contributed by atoms with Gasteiger partial charge in [-0.2, -0.15) is 0 Å². The number of hydrogen-bond donors (Lipinski definition) is 0. The molecule has 74 valence electrons. The molecule has 5 nitrogen and oxygen atoms in total. The smallest absolute Gasteiger partial charge is 0.339 e. The summed E-state index contributed by atoms with van der Waals surface area (Å²) in [5, 5.41) is 3.39. The van der Waals surface area contributed by atoms with Crippen LogP contribution < -0.4 is 0 Å². The summed E-state index contributed by atoms with van der Waals surface area (Å²) >= 11 is 0. The van der Waals surface area contributed by atoms with E-state index >= 15 is 0 Å². The van der Waals surface area contributed by atoms with E-state index in [1.807, 2.05) is 6.08 Å². The van der Waals surface area contributed by atoms with Crippen molar-refractivity contribution in [2.24, 2.45) is 5.11 Å². The van der Waals surface area contributed by atoms with E-state index < -0.39 is 0 Å². The molecule has 1 aliphatic rings. The molecule has 0 aliphatic carbocycles. The predicted molar refractivity (Wildman–Crippen MR) is 51.2 cm³/mol. The molecule has 0 fully saturated rings. The minimum absolute atomic E-state index is 0.286. The van der Waals surface area contributed by atoms with Gasteiger partial charge in [-0.3, -0.25) is 0 Å². The summed E-state index contributed by atoms with van der Waals surface area (Å²) in [6.45, 7) is 2.18. The third kappa shape index (κ3) is 2.95. The maximum absolute atomic E-state index is 10.9. The van der Waals surface area contributed by atoms with Crippen LogP contribution in [0.5, 0.6) is 0 Å². The van der Waals surface area contributed by atoms with Crippen molar-refractivity contribution in [3.8, 4) is 0 Å². The lowest BCUT2D eigenvalue weighted by molar-refractivity contribution is -0.133. The second-order valence-electron chi connectivity index (χ2n) is 2.92. The highest BCUT2D eigenvalue weighted by Gasteiger charge is 2.15. The normalized spacial score (nSPS) is 17.6. The van der Waals surface area contributed by atoms with Crippen LogP contribution in [0.3, 0.4) is 0 Å². The fraction of sp³-hybridized carbons (Fsp3) is 0.444. The van der Waals surface area contributed by atoms with Gasteiger partial charge in [-0.25, -0.2) is 4.79 Å². The molecule has 1 heterocycles. The quantitative estimate of drug-likeness (QED) is 0.226. The van der Waals surface area contributed by atoms with Crippen LogP contribution in [0.25, 0.3) is 10.4 Å². The molecule has 1 aliphatic heterocycles. The third-order valence-electron chi connectivity index (χ3n) is 1.76. The topological polar surface area (TPSA) is 75.1 Å². The van der Waals surface area contributed by atoms with E-state index in [4.69, 9.17) is 10.3 Å². The number of unbranched alkanes of at least 4 members (excludes halogenated alkanes) is 1.